The first-order chi connectivity index (χ1) is 4.70. The molecule has 0 aromatic carbocycles. The first kappa shape index (κ1) is 7.25. The van der Waals surface area contributed by atoms with Gasteiger partial charge in [-0.05, 0) is 20.8 Å². The summed E-state index contributed by atoms with van der Waals surface area (Å²) in [4.78, 5) is 4.13. The molecule has 0 saturated heterocycles. The van der Waals surface area contributed by atoms with E-state index >= 15 is 0 Å². The van der Waals surface area contributed by atoms with Crippen LogP contribution in [0.25, 0.3) is 0 Å². The van der Waals surface area contributed by atoms with Crippen LogP contribution in [0.15, 0.2) is 10.1 Å². The van der Waals surface area contributed by atoms with E-state index in [0.717, 1.165) is 12.3 Å². The third-order valence-electron chi connectivity index (χ3n) is 1.34. The van der Waals surface area contributed by atoms with Gasteiger partial charge in [0, 0.05) is 6.04 Å². The molecule has 0 radical (unpaired) electrons. The SMILES string of the molecule is CC1=NN(C(C)C)C=NC1. The zero-order valence-electron chi connectivity index (χ0n) is 6.70. The lowest BCUT2D eigenvalue weighted by Crippen LogP contribution is -2.28. The second kappa shape index (κ2) is 2.82. The summed E-state index contributed by atoms with van der Waals surface area (Å²) < 4.78 is 0. The van der Waals surface area contributed by atoms with E-state index < -0.39 is 0 Å². The van der Waals surface area contributed by atoms with E-state index in [2.05, 4.69) is 23.9 Å². The Balaban J connectivity index is 2.61. The molecule has 10 heavy (non-hydrogen) atoms. The molecule has 1 rings (SSSR count). The molecular formula is C7H13N3. The largest absolute Gasteiger partial charge is 0.268 e. The van der Waals surface area contributed by atoms with Crippen LogP contribution in [-0.2, 0) is 0 Å². The molecule has 0 amide bonds. The lowest BCUT2D eigenvalue weighted by atomic mass is 10.4. The summed E-state index contributed by atoms with van der Waals surface area (Å²) in [6.07, 6.45) is 1.79. The van der Waals surface area contributed by atoms with Crippen molar-refractivity contribution in [2.45, 2.75) is 26.8 Å². The van der Waals surface area contributed by atoms with Gasteiger partial charge in [-0.25, -0.2) is 0 Å². The fourth-order valence-electron chi connectivity index (χ4n) is 0.760. The highest BCUT2D eigenvalue weighted by Gasteiger charge is 2.06. The molecule has 0 fully saturated rings. The molecule has 1 aliphatic rings. The van der Waals surface area contributed by atoms with Crippen molar-refractivity contribution in [1.29, 1.82) is 0 Å². The van der Waals surface area contributed by atoms with Crippen molar-refractivity contribution in [1.82, 2.24) is 5.01 Å². The van der Waals surface area contributed by atoms with Gasteiger partial charge in [-0.15, -0.1) is 0 Å². The summed E-state index contributed by atoms with van der Waals surface area (Å²) in [7, 11) is 0. The second-order valence-electron chi connectivity index (χ2n) is 2.77. The summed E-state index contributed by atoms with van der Waals surface area (Å²) in [6, 6.07) is 0.416. The number of hydrazone groups is 1. The highest BCUT2D eigenvalue weighted by molar-refractivity contribution is 5.87. The van der Waals surface area contributed by atoms with Crippen LogP contribution in [0.5, 0.6) is 0 Å². The molecule has 0 atom stereocenters. The molecule has 0 saturated carbocycles. The first-order valence-corrected chi connectivity index (χ1v) is 3.52. The van der Waals surface area contributed by atoms with Crippen LogP contribution in [0.4, 0.5) is 0 Å². The maximum Gasteiger partial charge on any atom is 0.107 e. The molecule has 0 N–H and O–H groups in total. The Morgan fingerprint density at radius 2 is 2.30 bits per heavy atom. The predicted molar refractivity (Wildman–Crippen MR) is 43.4 cm³/mol. The molecule has 1 heterocycles. The van der Waals surface area contributed by atoms with Crippen molar-refractivity contribution < 1.29 is 0 Å². The smallest absolute Gasteiger partial charge is 0.107 e. The van der Waals surface area contributed by atoms with Crippen LogP contribution >= 0.6 is 0 Å². The molecule has 3 nitrogen and oxygen atoms in total. The highest BCUT2D eigenvalue weighted by Crippen LogP contribution is 2.00. The minimum absolute atomic E-state index is 0.416. The summed E-state index contributed by atoms with van der Waals surface area (Å²) in [6.45, 7) is 6.93. The molecule has 1 aliphatic heterocycles. The summed E-state index contributed by atoms with van der Waals surface area (Å²) in [5.41, 5.74) is 1.08. The number of aliphatic imine (C=N–C) groups is 1. The van der Waals surface area contributed by atoms with Crippen LogP contribution in [0.2, 0.25) is 0 Å². The summed E-state index contributed by atoms with van der Waals surface area (Å²) in [5, 5.41) is 6.16. The molecular weight excluding hydrogens is 126 g/mol. The Morgan fingerprint density at radius 1 is 1.60 bits per heavy atom. The summed E-state index contributed by atoms with van der Waals surface area (Å²) >= 11 is 0. The predicted octanol–water partition coefficient (Wildman–Crippen LogP) is 1.11. The van der Waals surface area contributed by atoms with Gasteiger partial charge in [-0.3, -0.25) is 10.0 Å². The normalized spacial score (nSPS) is 18.0. The van der Waals surface area contributed by atoms with Gasteiger partial charge in [-0.2, -0.15) is 5.10 Å². The van der Waals surface area contributed by atoms with Gasteiger partial charge >= 0.3 is 0 Å². The topological polar surface area (TPSA) is 28.0 Å². The third-order valence-corrected chi connectivity index (χ3v) is 1.34. The standard InChI is InChI=1S/C7H13N3/c1-6(2)10-5-8-4-7(3)9-10/h5-6H,4H2,1-3H3. The molecule has 0 spiro atoms. The minimum Gasteiger partial charge on any atom is -0.268 e. The second-order valence-corrected chi connectivity index (χ2v) is 2.77. The average Bonchev–Trinajstić information content (AvgIpc) is 1.88. The highest BCUT2D eigenvalue weighted by atomic mass is 15.5. The zero-order chi connectivity index (χ0) is 7.56. The maximum absolute atomic E-state index is 4.28. The van der Waals surface area contributed by atoms with Gasteiger partial charge in [0.2, 0.25) is 0 Å². The monoisotopic (exact) mass is 139 g/mol. The molecule has 56 valence electrons. The van der Waals surface area contributed by atoms with Crippen LogP contribution in [0.1, 0.15) is 20.8 Å². The fraction of sp³-hybridized carbons (Fsp3) is 0.714. The van der Waals surface area contributed by atoms with E-state index in [1.54, 1.807) is 6.34 Å². The Hall–Kier alpha value is -0.860. The van der Waals surface area contributed by atoms with Crippen molar-refractivity contribution in [2.75, 3.05) is 6.54 Å². The van der Waals surface area contributed by atoms with E-state index in [1.807, 2.05) is 11.9 Å². The van der Waals surface area contributed by atoms with E-state index in [-0.39, 0.29) is 0 Å². The van der Waals surface area contributed by atoms with Gasteiger partial charge in [0.15, 0.2) is 0 Å². The summed E-state index contributed by atoms with van der Waals surface area (Å²) in [5.74, 6) is 0. The Kier molecular flexibility index (Phi) is 2.04. The Morgan fingerprint density at radius 3 is 2.70 bits per heavy atom. The average molecular weight is 139 g/mol. The Labute approximate surface area is 61.4 Å². The fourth-order valence-corrected chi connectivity index (χ4v) is 0.760. The molecule has 0 bridgehead atoms. The number of nitrogens with zero attached hydrogens (tertiary/aromatic N) is 3. The maximum atomic E-state index is 4.28. The molecule has 0 aromatic heterocycles. The van der Waals surface area contributed by atoms with Crippen molar-refractivity contribution in [3.8, 4) is 0 Å². The van der Waals surface area contributed by atoms with Gasteiger partial charge in [-0.1, -0.05) is 0 Å². The number of hydrogen-bond acceptors (Lipinski definition) is 3. The van der Waals surface area contributed by atoms with E-state index in [0.29, 0.717) is 6.04 Å². The quantitative estimate of drug-likeness (QED) is 0.535. The Bertz CT molecular complexity index is 170. The molecule has 0 unspecified atom stereocenters. The van der Waals surface area contributed by atoms with E-state index in [1.165, 1.54) is 0 Å². The van der Waals surface area contributed by atoms with Gasteiger partial charge < -0.3 is 0 Å². The lowest BCUT2D eigenvalue weighted by Gasteiger charge is -2.21. The van der Waals surface area contributed by atoms with Crippen LogP contribution in [-0.4, -0.2) is 29.6 Å². The van der Waals surface area contributed by atoms with Gasteiger partial charge in [0.1, 0.15) is 6.34 Å². The van der Waals surface area contributed by atoms with Crippen LogP contribution < -0.4 is 0 Å². The third kappa shape index (κ3) is 1.56. The molecule has 3 heteroatoms. The van der Waals surface area contributed by atoms with Crippen molar-refractivity contribution in [3.05, 3.63) is 0 Å². The molecule has 0 aliphatic carbocycles. The van der Waals surface area contributed by atoms with Gasteiger partial charge in [0.05, 0.1) is 12.3 Å². The van der Waals surface area contributed by atoms with Crippen molar-refractivity contribution >= 4 is 12.1 Å². The van der Waals surface area contributed by atoms with Gasteiger partial charge in [0.25, 0.3) is 0 Å². The van der Waals surface area contributed by atoms with Crippen molar-refractivity contribution in [3.63, 3.8) is 0 Å². The number of rotatable bonds is 1. The van der Waals surface area contributed by atoms with Crippen LogP contribution in [0, 0.1) is 0 Å². The van der Waals surface area contributed by atoms with E-state index in [9.17, 15) is 0 Å². The zero-order valence-corrected chi connectivity index (χ0v) is 6.70. The van der Waals surface area contributed by atoms with Crippen molar-refractivity contribution in [2.24, 2.45) is 10.1 Å². The minimum atomic E-state index is 0.416. The van der Waals surface area contributed by atoms with Crippen LogP contribution in [0.3, 0.4) is 0 Å². The molecule has 0 aromatic rings. The van der Waals surface area contributed by atoms with E-state index in [4.69, 9.17) is 0 Å². The lowest BCUT2D eigenvalue weighted by molar-refractivity contribution is 0.374. The number of hydrogen-bond donors (Lipinski definition) is 0. The first-order valence-electron chi connectivity index (χ1n) is 3.52.